The Bertz CT molecular complexity index is 1760. The average Bonchev–Trinajstić information content (AvgIpc) is 3.49. The first kappa shape index (κ1) is 28.1. The van der Waals surface area contributed by atoms with Gasteiger partial charge in [-0.25, -0.2) is 19.2 Å². The highest BCUT2D eigenvalue weighted by molar-refractivity contribution is 5.86. The Morgan fingerprint density at radius 2 is 1.84 bits per heavy atom. The first-order valence-corrected chi connectivity index (χ1v) is 15.0. The monoisotopic (exact) mass is 596 g/mol. The molecule has 0 N–H and O–H groups in total. The standard InChI is InChI=1S/C34H33FN4O5/c35-27-21-38(34(40)42-22-23-5-2-1-3-6-23)15-12-30(27)44-31-8-4-7-24-9-10-28(37-33(24)31)29-20-36-32-19-26(11-16-39(29)32)43-25-13-17-41-18-14-25/h1-11,16,19-20,25,27,30H,12-15,17-18,21-22H2. The van der Waals surface area contributed by atoms with Gasteiger partial charge >= 0.3 is 6.09 Å². The third-order valence-corrected chi connectivity index (χ3v) is 8.12. The summed E-state index contributed by atoms with van der Waals surface area (Å²) in [6.07, 6.45) is 3.34. The summed E-state index contributed by atoms with van der Waals surface area (Å²) in [7, 11) is 0. The van der Waals surface area contributed by atoms with Gasteiger partial charge in [-0.2, -0.15) is 0 Å². The second-order valence-corrected chi connectivity index (χ2v) is 11.1. The highest BCUT2D eigenvalue weighted by Crippen LogP contribution is 2.31. The fraction of sp³-hybridized carbons (Fsp3) is 0.324. The molecule has 2 unspecified atom stereocenters. The predicted octanol–water partition coefficient (Wildman–Crippen LogP) is 6.24. The van der Waals surface area contributed by atoms with E-state index in [1.807, 2.05) is 77.3 Å². The van der Waals surface area contributed by atoms with E-state index in [1.165, 1.54) is 4.90 Å². The first-order valence-electron chi connectivity index (χ1n) is 15.0. The number of carbonyl (C=O) groups excluding carboxylic acids is 1. The lowest BCUT2D eigenvalue weighted by molar-refractivity contribution is 0.0153. The zero-order valence-corrected chi connectivity index (χ0v) is 24.2. The zero-order valence-electron chi connectivity index (χ0n) is 24.2. The van der Waals surface area contributed by atoms with Crippen molar-refractivity contribution < 1.29 is 28.1 Å². The molecule has 9 nitrogen and oxygen atoms in total. The van der Waals surface area contributed by atoms with E-state index in [9.17, 15) is 4.79 Å². The number of hydrogen-bond acceptors (Lipinski definition) is 7. The summed E-state index contributed by atoms with van der Waals surface area (Å²) in [6.45, 7) is 1.83. The van der Waals surface area contributed by atoms with Crippen LogP contribution < -0.4 is 9.47 Å². The average molecular weight is 597 g/mol. The Hall–Kier alpha value is -4.70. The highest BCUT2D eigenvalue weighted by Gasteiger charge is 2.34. The van der Waals surface area contributed by atoms with Crippen LogP contribution in [0.4, 0.5) is 9.18 Å². The van der Waals surface area contributed by atoms with Gasteiger partial charge in [0.25, 0.3) is 0 Å². The van der Waals surface area contributed by atoms with Gasteiger partial charge in [-0.3, -0.25) is 4.40 Å². The predicted molar refractivity (Wildman–Crippen MR) is 163 cm³/mol. The maximum absolute atomic E-state index is 15.3. The molecular formula is C34H33FN4O5. The minimum absolute atomic E-state index is 0.0935. The lowest BCUT2D eigenvalue weighted by Crippen LogP contribution is -2.49. The molecule has 2 aliphatic heterocycles. The van der Waals surface area contributed by atoms with Crippen molar-refractivity contribution in [1.82, 2.24) is 19.3 Å². The van der Waals surface area contributed by atoms with Crippen LogP contribution in [0.1, 0.15) is 24.8 Å². The number of imidazole rings is 1. The number of hydrogen-bond donors (Lipinski definition) is 0. The molecule has 5 aromatic rings. The number of nitrogens with zero attached hydrogens (tertiary/aromatic N) is 4. The number of para-hydroxylation sites is 1. The van der Waals surface area contributed by atoms with E-state index in [-0.39, 0.29) is 19.3 Å². The van der Waals surface area contributed by atoms with Crippen LogP contribution in [0, 0.1) is 0 Å². The molecule has 2 aromatic carbocycles. The van der Waals surface area contributed by atoms with Gasteiger partial charge in [0, 0.05) is 43.5 Å². The molecule has 7 rings (SSSR count). The highest BCUT2D eigenvalue weighted by atomic mass is 19.1. The summed E-state index contributed by atoms with van der Waals surface area (Å²) in [6, 6.07) is 22.8. The Kier molecular flexibility index (Phi) is 7.98. The topological polar surface area (TPSA) is 87.4 Å². The number of pyridine rings is 2. The quantitative estimate of drug-likeness (QED) is 0.220. The third kappa shape index (κ3) is 6.03. The number of alkyl halides is 1. The molecule has 2 atom stereocenters. The summed E-state index contributed by atoms with van der Waals surface area (Å²) < 4.78 is 40.5. The molecule has 0 saturated carbocycles. The number of rotatable bonds is 7. The normalized spacial score (nSPS) is 19.2. The van der Waals surface area contributed by atoms with Crippen LogP contribution >= 0.6 is 0 Å². The lowest BCUT2D eigenvalue weighted by atomic mass is 10.1. The molecule has 0 spiro atoms. The van der Waals surface area contributed by atoms with Crippen molar-refractivity contribution in [3.05, 3.63) is 90.8 Å². The van der Waals surface area contributed by atoms with E-state index in [4.69, 9.17) is 23.9 Å². The van der Waals surface area contributed by atoms with Crippen molar-refractivity contribution in [3.63, 3.8) is 0 Å². The molecule has 0 radical (unpaired) electrons. The van der Waals surface area contributed by atoms with Crippen molar-refractivity contribution in [3.8, 4) is 22.9 Å². The molecule has 1 amide bonds. The summed E-state index contributed by atoms with van der Waals surface area (Å²) in [5.74, 6) is 1.28. The van der Waals surface area contributed by atoms with Gasteiger partial charge < -0.3 is 23.8 Å². The first-order chi connectivity index (χ1) is 21.6. The van der Waals surface area contributed by atoms with Crippen molar-refractivity contribution >= 4 is 22.6 Å². The number of piperidine rings is 1. The molecular weight excluding hydrogens is 563 g/mol. The van der Waals surface area contributed by atoms with Crippen LogP contribution in [0.3, 0.4) is 0 Å². The number of halogens is 1. The van der Waals surface area contributed by atoms with Gasteiger partial charge in [0.05, 0.1) is 37.3 Å². The van der Waals surface area contributed by atoms with E-state index in [0.717, 1.165) is 54.1 Å². The maximum atomic E-state index is 15.3. The fourth-order valence-corrected chi connectivity index (χ4v) is 5.72. The van der Waals surface area contributed by atoms with E-state index in [2.05, 4.69) is 4.98 Å². The number of benzene rings is 2. The minimum Gasteiger partial charge on any atom is -0.490 e. The van der Waals surface area contributed by atoms with Gasteiger partial charge in [0.15, 0.2) is 6.17 Å². The van der Waals surface area contributed by atoms with Gasteiger partial charge in [0.1, 0.15) is 41.5 Å². The summed E-state index contributed by atoms with van der Waals surface area (Å²) >= 11 is 0. The van der Waals surface area contributed by atoms with E-state index in [1.54, 1.807) is 12.3 Å². The van der Waals surface area contributed by atoms with Gasteiger partial charge in [0.2, 0.25) is 0 Å². The van der Waals surface area contributed by atoms with Crippen molar-refractivity contribution in [1.29, 1.82) is 0 Å². The largest absolute Gasteiger partial charge is 0.490 e. The molecule has 5 heterocycles. The van der Waals surface area contributed by atoms with Crippen molar-refractivity contribution in [2.24, 2.45) is 0 Å². The second-order valence-electron chi connectivity index (χ2n) is 11.1. The molecule has 44 heavy (non-hydrogen) atoms. The second kappa shape index (κ2) is 12.5. The number of aromatic nitrogens is 3. The van der Waals surface area contributed by atoms with Crippen LogP contribution in [0.2, 0.25) is 0 Å². The van der Waals surface area contributed by atoms with Crippen LogP contribution in [0.5, 0.6) is 11.5 Å². The molecule has 10 heteroatoms. The fourth-order valence-electron chi connectivity index (χ4n) is 5.72. The Balaban J connectivity index is 1.05. The van der Waals surface area contributed by atoms with E-state index in [0.29, 0.717) is 29.9 Å². The number of likely N-dealkylation sites (tertiary alicyclic amines) is 1. The molecule has 0 bridgehead atoms. The van der Waals surface area contributed by atoms with E-state index >= 15 is 4.39 Å². The molecule has 2 aliphatic rings. The van der Waals surface area contributed by atoms with Gasteiger partial charge in [-0.05, 0) is 23.8 Å². The lowest BCUT2D eigenvalue weighted by Gasteiger charge is -2.34. The van der Waals surface area contributed by atoms with Crippen LogP contribution in [-0.4, -0.2) is 70.0 Å². The van der Waals surface area contributed by atoms with Crippen LogP contribution in [0.25, 0.3) is 27.9 Å². The molecule has 0 aliphatic carbocycles. The number of fused-ring (bicyclic) bond motifs is 2. The van der Waals surface area contributed by atoms with Crippen molar-refractivity contribution in [2.75, 3.05) is 26.3 Å². The maximum Gasteiger partial charge on any atom is 0.410 e. The zero-order chi connectivity index (χ0) is 29.9. The SMILES string of the molecule is O=C(OCc1ccccc1)N1CCC(Oc2cccc3ccc(-c4cnc5cc(OC6CCOCC6)ccn45)nc23)C(F)C1. The van der Waals surface area contributed by atoms with Gasteiger partial charge in [-0.15, -0.1) is 0 Å². The molecule has 2 fully saturated rings. The Morgan fingerprint density at radius 3 is 2.68 bits per heavy atom. The minimum atomic E-state index is -1.37. The van der Waals surface area contributed by atoms with Crippen molar-refractivity contribution in [2.45, 2.75) is 44.2 Å². The number of amides is 1. The number of ether oxygens (including phenoxy) is 4. The van der Waals surface area contributed by atoms with E-state index < -0.39 is 18.4 Å². The smallest absolute Gasteiger partial charge is 0.410 e. The molecule has 3 aromatic heterocycles. The molecule has 226 valence electrons. The summed E-state index contributed by atoms with van der Waals surface area (Å²) in [5.41, 5.74) is 3.81. The van der Waals surface area contributed by atoms with Crippen LogP contribution in [-0.2, 0) is 16.1 Å². The third-order valence-electron chi connectivity index (χ3n) is 8.12. The van der Waals surface area contributed by atoms with Crippen LogP contribution in [0.15, 0.2) is 85.2 Å². The Labute approximate surface area is 254 Å². The van der Waals surface area contributed by atoms with Gasteiger partial charge in [-0.1, -0.05) is 48.5 Å². The number of carbonyl (C=O) groups is 1. The summed E-state index contributed by atoms with van der Waals surface area (Å²) in [5, 5.41) is 0.879. The summed E-state index contributed by atoms with van der Waals surface area (Å²) in [4.78, 5) is 23.5. The Morgan fingerprint density at radius 1 is 0.977 bits per heavy atom. The molecule has 2 saturated heterocycles.